The second-order valence-electron chi connectivity index (χ2n) is 5.98. The molecule has 0 aliphatic rings. The van der Waals surface area contributed by atoms with Crippen LogP contribution in [0.1, 0.15) is 56.0 Å². The van der Waals surface area contributed by atoms with Gasteiger partial charge in [0.2, 0.25) is 0 Å². The van der Waals surface area contributed by atoms with E-state index in [-0.39, 0.29) is 11.9 Å². The Kier molecular flexibility index (Phi) is 6.56. The summed E-state index contributed by atoms with van der Waals surface area (Å²) < 4.78 is 0. The first-order chi connectivity index (χ1) is 9.43. The lowest BCUT2D eigenvalue weighted by Crippen LogP contribution is -2.32. The summed E-state index contributed by atoms with van der Waals surface area (Å²) in [7, 11) is 1.89. The average Bonchev–Trinajstić information content (AvgIpc) is 2.38. The fourth-order valence-electron chi connectivity index (χ4n) is 2.30. The van der Waals surface area contributed by atoms with Crippen molar-refractivity contribution < 1.29 is 4.79 Å². The van der Waals surface area contributed by atoms with E-state index in [2.05, 4.69) is 31.4 Å². The van der Waals surface area contributed by atoms with Crippen molar-refractivity contribution in [3.05, 3.63) is 29.3 Å². The molecule has 2 N–H and O–H groups in total. The number of aryl methyl sites for hydroxylation is 1. The van der Waals surface area contributed by atoms with E-state index in [9.17, 15) is 4.79 Å². The molecular weight excluding hydrogens is 248 g/mol. The normalized spacial score (nSPS) is 12.3. The third-order valence-electron chi connectivity index (χ3n) is 3.55. The van der Waals surface area contributed by atoms with Crippen LogP contribution in [0.5, 0.6) is 0 Å². The van der Waals surface area contributed by atoms with E-state index in [0.717, 1.165) is 35.6 Å². The maximum absolute atomic E-state index is 12.2. The van der Waals surface area contributed by atoms with Gasteiger partial charge in [-0.3, -0.25) is 4.79 Å². The Hall–Kier alpha value is -1.51. The highest BCUT2D eigenvalue weighted by Crippen LogP contribution is 2.16. The van der Waals surface area contributed by atoms with Gasteiger partial charge in [0.1, 0.15) is 0 Å². The molecule has 3 nitrogen and oxygen atoms in total. The van der Waals surface area contributed by atoms with E-state index >= 15 is 0 Å². The first-order valence-electron chi connectivity index (χ1n) is 7.53. The van der Waals surface area contributed by atoms with Gasteiger partial charge in [0, 0.05) is 24.3 Å². The minimum atomic E-state index is 0.0211. The molecule has 0 saturated heterocycles. The molecule has 0 spiro atoms. The molecule has 1 amide bonds. The summed E-state index contributed by atoms with van der Waals surface area (Å²) in [5.41, 5.74) is 2.89. The lowest BCUT2D eigenvalue weighted by atomic mass is 10.0. The van der Waals surface area contributed by atoms with Crippen LogP contribution in [0, 0.1) is 12.8 Å². The van der Waals surface area contributed by atoms with Crippen LogP contribution >= 0.6 is 0 Å². The van der Waals surface area contributed by atoms with Crippen LogP contribution in [0.2, 0.25) is 0 Å². The summed E-state index contributed by atoms with van der Waals surface area (Å²) in [5, 5.41) is 6.18. The third kappa shape index (κ3) is 5.24. The topological polar surface area (TPSA) is 41.1 Å². The Morgan fingerprint density at radius 3 is 2.45 bits per heavy atom. The molecule has 0 radical (unpaired) electrons. The molecule has 0 bridgehead atoms. The number of rotatable bonds is 7. The van der Waals surface area contributed by atoms with Crippen LogP contribution in [0.25, 0.3) is 0 Å². The quantitative estimate of drug-likeness (QED) is 0.791. The van der Waals surface area contributed by atoms with Crippen molar-refractivity contribution in [2.45, 2.75) is 53.0 Å². The van der Waals surface area contributed by atoms with Gasteiger partial charge in [-0.15, -0.1) is 0 Å². The molecular formula is C17H28N2O. The van der Waals surface area contributed by atoms with Crippen molar-refractivity contribution in [2.75, 3.05) is 12.4 Å². The minimum Gasteiger partial charge on any atom is -0.388 e. The van der Waals surface area contributed by atoms with E-state index in [0.29, 0.717) is 0 Å². The highest BCUT2D eigenvalue weighted by Gasteiger charge is 2.11. The van der Waals surface area contributed by atoms with Crippen molar-refractivity contribution in [3.63, 3.8) is 0 Å². The van der Waals surface area contributed by atoms with Crippen LogP contribution in [-0.2, 0) is 0 Å². The summed E-state index contributed by atoms with van der Waals surface area (Å²) in [5.74, 6) is 0.752. The Bertz CT molecular complexity index is 441. The van der Waals surface area contributed by atoms with Crippen LogP contribution < -0.4 is 10.6 Å². The number of hydrogen-bond donors (Lipinski definition) is 2. The Labute approximate surface area is 123 Å². The Balaban J connectivity index is 2.51. The van der Waals surface area contributed by atoms with Gasteiger partial charge in [0.05, 0.1) is 0 Å². The zero-order chi connectivity index (χ0) is 15.1. The molecule has 0 heterocycles. The van der Waals surface area contributed by atoms with Gasteiger partial charge in [-0.25, -0.2) is 0 Å². The molecule has 0 saturated carbocycles. The number of nitrogens with one attached hydrogen (secondary N) is 2. The smallest absolute Gasteiger partial charge is 0.251 e. The Morgan fingerprint density at radius 1 is 1.20 bits per heavy atom. The SMILES string of the molecule is CNc1ccc(C(=O)NC(C)CCCC(C)C)cc1C. The number of amides is 1. The van der Waals surface area contributed by atoms with Crippen LogP contribution in [0.3, 0.4) is 0 Å². The van der Waals surface area contributed by atoms with Crippen molar-refractivity contribution in [1.29, 1.82) is 0 Å². The summed E-state index contributed by atoms with van der Waals surface area (Å²) in [6, 6.07) is 5.98. The molecule has 0 fully saturated rings. The lowest BCUT2D eigenvalue weighted by Gasteiger charge is -2.15. The maximum Gasteiger partial charge on any atom is 0.251 e. The predicted molar refractivity (Wildman–Crippen MR) is 86.3 cm³/mol. The number of anilines is 1. The number of carbonyl (C=O) groups excluding carboxylic acids is 1. The van der Waals surface area contributed by atoms with E-state index in [4.69, 9.17) is 0 Å². The van der Waals surface area contributed by atoms with Crippen LogP contribution in [0.4, 0.5) is 5.69 Å². The average molecular weight is 276 g/mol. The molecule has 1 rings (SSSR count). The fourth-order valence-corrected chi connectivity index (χ4v) is 2.30. The van der Waals surface area contributed by atoms with E-state index in [1.54, 1.807) is 0 Å². The highest BCUT2D eigenvalue weighted by atomic mass is 16.1. The van der Waals surface area contributed by atoms with E-state index in [1.165, 1.54) is 6.42 Å². The molecule has 1 unspecified atom stereocenters. The van der Waals surface area contributed by atoms with Gasteiger partial charge in [-0.2, -0.15) is 0 Å². The maximum atomic E-state index is 12.2. The second-order valence-corrected chi connectivity index (χ2v) is 5.98. The van der Waals surface area contributed by atoms with Crippen LogP contribution in [0.15, 0.2) is 18.2 Å². The molecule has 0 aliphatic carbocycles. The molecule has 0 aliphatic heterocycles. The fraction of sp³-hybridized carbons (Fsp3) is 0.588. The van der Waals surface area contributed by atoms with Crippen molar-refractivity contribution in [2.24, 2.45) is 5.92 Å². The van der Waals surface area contributed by atoms with Crippen molar-refractivity contribution >= 4 is 11.6 Å². The first kappa shape index (κ1) is 16.5. The summed E-state index contributed by atoms with van der Waals surface area (Å²) in [6.45, 7) is 8.55. The molecule has 20 heavy (non-hydrogen) atoms. The van der Waals surface area contributed by atoms with Crippen molar-refractivity contribution in [1.82, 2.24) is 5.32 Å². The molecule has 1 aromatic carbocycles. The molecule has 1 atom stereocenters. The molecule has 112 valence electrons. The Morgan fingerprint density at radius 2 is 1.90 bits per heavy atom. The monoisotopic (exact) mass is 276 g/mol. The summed E-state index contributed by atoms with van der Waals surface area (Å²) in [6.07, 6.45) is 3.42. The molecule has 0 aromatic heterocycles. The standard InChI is InChI=1S/C17H28N2O/c1-12(2)7-6-8-14(4)19-17(20)15-9-10-16(18-5)13(3)11-15/h9-12,14,18H,6-8H2,1-5H3,(H,19,20). The van der Waals surface area contributed by atoms with E-state index in [1.807, 2.05) is 32.2 Å². The highest BCUT2D eigenvalue weighted by molar-refractivity contribution is 5.95. The van der Waals surface area contributed by atoms with Gasteiger partial charge < -0.3 is 10.6 Å². The van der Waals surface area contributed by atoms with Gasteiger partial charge in [-0.1, -0.05) is 26.7 Å². The van der Waals surface area contributed by atoms with Gasteiger partial charge in [0.15, 0.2) is 0 Å². The number of benzene rings is 1. The summed E-state index contributed by atoms with van der Waals surface area (Å²) in [4.78, 5) is 12.2. The molecule has 1 aromatic rings. The summed E-state index contributed by atoms with van der Waals surface area (Å²) >= 11 is 0. The van der Waals surface area contributed by atoms with Crippen LogP contribution in [-0.4, -0.2) is 19.0 Å². The second kappa shape index (κ2) is 7.93. The number of carbonyl (C=O) groups is 1. The predicted octanol–water partition coefficient (Wildman–Crippen LogP) is 3.98. The third-order valence-corrected chi connectivity index (χ3v) is 3.55. The van der Waals surface area contributed by atoms with E-state index < -0.39 is 0 Å². The van der Waals surface area contributed by atoms with Gasteiger partial charge in [-0.05, 0) is 49.9 Å². The zero-order valence-corrected chi connectivity index (χ0v) is 13.4. The number of hydrogen-bond acceptors (Lipinski definition) is 2. The minimum absolute atomic E-state index is 0.0211. The van der Waals surface area contributed by atoms with Crippen molar-refractivity contribution in [3.8, 4) is 0 Å². The van der Waals surface area contributed by atoms with Gasteiger partial charge in [0.25, 0.3) is 5.91 Å². The van der Waals surface area contributed by atoms with Gasteiger partial charge >= 0.3 is 0 Å². The lowest BCUT2D eigenvalue weighted by molar-refractivity contribution is 0.0937. The zero-order valence-electron chi connectivity index (χ0n) is 13.4. The molecule has 3 heteroatoms. The first-order valence-corrected chi connectivity index (χ1v) is 7.53. The largest absolute Gasteiger partial charge is 0.388 e.